The van der Waals surface area contributed by atoms with Gasteiger partial charge in [-0.15, -0.1) is 0 Å². The number of rotatable bonds is 4. The van der Waals surface area contributed by atoms with E-state index in [0.717, 1.165) is 32.4 Å². The smallest absolute Gasteiger partial charge is 0.335 e. The minimum atomic E-state index is -1.06. The van der Waals surface area contributed by atoms with Crippen molar-refractivity contribution in [1.29, 1.82) is 0 Å². The van der Waals surface area contributed by atoms with Crippen LogP contribution < -0.4 is 4.90 Å². The van der Waals surface area contributed by atoms with Gasteiger partial charge in [0.1, 0.15) is 5.69 Å². The summed E-state index contributed by atoms with van der Waals surface area (Å²) in [6.07, 6.45) is 3.13. The molecule has 1 atom stereocenters. The van der Waals surface area contributed by atoms with Crippen LogP contribution in [0, 0.1) is 16.0 Å². The molecule has 1 aliphatic heterocycles. The van der Waals surface area contributed by atoms with Gasteiger partial charge in [0.25, 0.3) is 5.69 Å². The van der Waals surface area contributed by atoms with Crippen molar-refractivity contribution >= 4 is 17.3 Å². The quantitative estimate of drug-likeness (QED) is 0.676. The zero-order valence-electron chi connectivity index (χ0n) is 11.4. The highest BCUT2D eigenvalue weighted by Crippen LogP contribution is 2.33. The summed E-state index contributed by atoms with van der Waals surface area (Å²) in [6.45, 7) is 3.59. The molecule has 20 heavy (non-hydrogen) atoms. The molecule has 108 valence electrons. The van der Waals surface area contributed by atoms with Gasteiger partial charge in [-0.3, -0.25) is 10.1 Å². The van der Waals surface area contributed by atoms with Gasteiger partial charge >= 0.3 is 5.97 Å². The minimum absolute atomic E-state index is 0.0215. The molecule has 1 heterocycles. The molecule has 1 aromatic rings. The van der Waals surface area contributed by atoms with E-state index in [-0.39, 0.29) is 11.3 Å². The first kappa shape index (κ1) is 14.3. The van der Waals surface area contributed by atoms with E-state index in [0.29, 0.717) is 11.6 Å². The maximum atomic E-state index is 11.1. The molecular formula is C14H18N2O4. The Hall–Kier alpha value is -2.11. The highest BCUT2D eigenvalue weighted by Gasteiger charge is 2.25. The third-order valence-corrected chi connectivity index (χ3v) is 3.86. The van der Waals surface area contributed by atoms with Gasteiger partial charge in [-0.25, -0.2) is 4.79 Å². The van der Waals surface area contributed by atoms with E-state index in [4.69, 9.17) is 5.11 Å². The van der Waals surface area contributed by atoms with Crippen LogP contribution in [0.4, 0.5) is 11.4 Å². The third kappa shape index (κ3) is 2.89. The lowest BCUT2D eigenvalue weighted by molar-refractivity contribution is -0.384. The summed E-state index contributed by atoms with van der Waals surface area (Å²) in [5.74, 6) is -0.554. The number of carbonyl (C=O) groups is 1. The first-order chi connectivity index (χ1) is 9.52. The molecule has 1 aromatic carbocycles. The maximum Gasteiger partial charge on any atom is 0.335 e. The van der Waals surface area contributed by atoms with Crippen molar-refractivity contribution in [3.8, 4) is 0 Å². The largest absolute Gasteiger partial charge is 0.478 e. The monoisotopic (exact) mass is 278 g/mol. The molecule has 0 amide bonds. The Morgan fingerprint density at radius 3 is 2.90 bits per heavy atom. The first-order valence-corrected chi connectivity index (χ1v) is 6.79. The Morgan fingerprint density at radius 2 is 2.30 bits per heavy atom. The van der Waals surface area contributed by atoms with Crippen LogP contribution in [0.5, 0.6) is 0 Å². The highest BCUT2D eigenvalue weighted by molar-refractivity contribution is 5.90. The number of carboxylic acid groups (broad SMARTS) is 1. The predicted octanol–water partition coefficient (Wildman–Crippen LogP) is 2.92. The summed E-state index contributed by atoms with van der Waals surface area (Å²) in [5, 5.41) is 20.2. The van der Waals surface area contributed by atoms with Crippen molar-refractivity contribution in [1.82, 2.24) is 0 Å². The summed E-state index contributed by atoms with van der Waals surface area (Å²) < 4.78 is 0. The number of nitrogens with zero attached hydrogens (tertiary/aromatic N) is 2. The zero-order valence-corrected chi connectivity index (χ0v) is 11.4. The van der Waals surface area contributed by atoms with Crippen LogP contribution in [-0.2, 0) is 0 Å². The molecule has 1 aliphatic rings. The number of anilines is 1. The number of hydrogen-bond donors (Lipinski definition) is 1. The van der Waals surface area contributed by atoms with Crippen molar-refractivity contribution < 1.29 is 14.8 Å². The average molecular weight is 278 g/mol. The molecule has 1 N–H and O–H groups in total. The molecule has 0 radical (unpaired) electrons. The number of benzene rings is 1. The number of nitro groups is 1. The maximum absolute atomic E-state index is 11.1. The molecule has 6 nitrogen and oxygen atoms in total. The molecule has 0 bridgehead atoms. The van der Waals surface area contributed by atoms with E-state index in [1.165, 1.54) is 18.2 Å². The lowest BCUT2D eigenvalue weighted by Crippen LogP contribution is -2.35. The third-order valence-electron chi connectivity index (χ3n) is 3.86. The molecule has 0 aliphatic carbocycles. The number of piperidine rings is 1. The molecule has 6 heteroatoms. The van der Waals surface area contributed by atoms with E-state index >= 15 is 0 Å². The second-order valence-corrected chi connectivity index (χ2v) is 5.13. The molecule has 0 saturated carbocycles. The van der Waals surface area contributed by atoms with Crippen LogP contribution in [-0.4, -0.2) is 29.1 Å². The fourth-order valence-corrected chi connectivity index (χ4v) is 2.68. The van der Waals surface area contributed by atoms with Crippen LogP contribution >= 0.6 is 0 Å². The van der Waals surface area contributed by atoms with E-state index in [2.05, 4.69) is 6.92 Å². The van der Waals surface area contributed by atoms with Gasteiger partial charge in [0.15, 0.2) is 0 Å². The van der Waals surface area contributed by atoms with Crippen LogP contribution in [0.15, 0.2) is 18.2 Å². The van der Waals surface area contributed by atoms with Gasteiger partial charge in [0.2, 0.25) is 0 Å². The lowest BCUT2D eigenvalue weighted by atomic mass is 9.95. The summed E-state index contributed by atoms with van der Waals surface area (Å²) >= 11 is 0. The van der Waals surface area contributed by atoms with Crippen molar-refractivity contribution in [2.75, 3.05) is 18.0 Å². The molecule has 0 aromatic heterocycles. The fourth-order valence-electron chi connectivity index (χ4n) is 2.68. The van der Waals surface area contributed by atoms with Gasteiger partial charge in [0.05, 0.1) is 10.5 Å². The molecule has 1 fully saturated rings. The molecule has 2 rings (SSSR count). The molecular weight excluding hydrogens is 260 g/mol. The SMILES string of the molecule is CCC1CCCN(c2cc(C(=O)O)ccc2[N+](=O)[O-])C1. The number of carboxylic acids is 1. The van der Waals surface area contributed by atoms with Gasteiger partial charge in [-0.1, -0.05) is 13.3 Å². The molecule has 1 saturated heterocycles. The summed E-state index contributed by atoms with van der Waals surface area (Å²) in [5.41, 5.74) is 0.490. The van der Waals surface area contributed by atoms with Gasteiger partial charge < -0.3 is 10.0 Å². The van der Waals surface area contributed by atoms with Crippen molar-refractivity contribution in [3.05, 3.63) is 33.9 Å². The van der Waals surface area contributed by atoms with Gasteiger partial charge in [-0.2, -0.15) is 0 Å². The molecule has 0 spiro atoms. The van der Waals surface area contributed by atoms with Gasteiger partial charge in [0, 0.05) is 19.2 Å². The predicted molar refractivity (Wildman–Crippen MR) is 75.3 cm³/mol. The van der Waals surface area contributed by atoms with E-state index in [1.54, 1.807) is 0 Å². The second kappa shape index (κ2) is 5.90. The standard InChI is InChI=1S/C14H18N2O4/c1-2-10-4-3-7-15(9-10)13-8-11(14(17)18)5-6-12(13)16(19)20/h5-6,8,10H,2-4,7,9H2,1H3,(H,17,18). The zero-order chi connectivity index (χ0) is 14.7. The van der Waals surface area contributed by atoms with Gasteiger partial charge in [-0.05, 0) is 30.9 Å². The highest BCUT2D eigenvalue weighted by atomic mass is 16.6. The minimum Gasteiger partial charge on any atom is -0.478 e. The van der Waals surface area contributed by atoms with Crippen molar-refractivity contribution in [2.24, 2.45) is 5.92 Å². The summed E-state index contributed by atoms with van der Waals surface area (Å²) in [7, 11) is 0. The Labute approximate surface area is 117 Å². The Bertz CT molecular complexity index is 530. The Kier molecular flexibility index (Phi) is 4.22. The van der Waals surface area contributed by atoms with E-state index in [1.807, 2.05) is 4.90 Å². The van der Waals surface area contributed by atoms with Crippen LogP contribution in [0.1, 0.15) is 36.5 Å². The normalized spacial score (nSPS) is 18.9. The van der Waals surface area contributed by atoms with E-state index in [9.17, 15) is 14.9 Å². The van der Waals surface area contributed by atoms with Crippen LogP contribution in [0.3, 0.4) is 0 Å². The Balaban J connectivity index is 2.38. The second-order valence-electron chi connectivity index (χ2n) is 5.13. The fraction of sp³-hybridized carbons (Fsp3) is 0.500. The summed E-state index contributed by atoms with van der Waals surface area (Å²) in [4.78, 5) is 23.7. The van der Waals surface area contributed by atoms with Crippen LogP contribution in [0.2, 0.25) is 0 Å². The topological polar surface area (TPSA) is 83.7 Å². The first-order valence-electron chi connectivity index (χ1n) is 6.79. The lowest BCUT2D eigenvalue weighted by Gasteiger charge is -2.33. The van der Waals surface area contributed by atoms with Crippen molar-refractivity contribution in [3.63, 3.8) is 0 Å². The number of aromatic carboxylic acids is 1. The summed E-state index contributed by atoms with van der Waals surface area (Å²) in [6, 6.07) is 3.98. The average Bonchev–Trinajstić information content (AvgIpc) is 2.46. The molecule has 1 unspecified atom stereocenters. The Morgan fingerprint density at radius 1 is 1.55 bits per heavy atom. The number of nitro benzene ring substituents is 1. The number of hydrogen-bond acceptors (Lipinski definition) is 4. The van der Waals surface area contributed by atoms with E-state index < -0.39 is 10.9 Å². The van der Waals surface area contributed by atoms with Crippen molar-refractivity contribution in [2.45, 2.75) is 26.2 Å². The van der Waals surface area contributed by atoms with Crippen LogP contribution in [0.25, 0.3) is 0 Å².